The average Bonchev–Trinajstić information content (AvgIpc) is 2.75. The molecule has 0 atom stereocenters. The number of halogens is 2. The van der Waals surface area contributed by atoms with Crippen molar-refractivity contribution in [2.75, 3.05) is 23.8 Å². The van der Waals surface area contributed by atoms with Crippen LogP contribution in [-0.4, -0.2) is 19.1 Å². The summed E-state index contributed by atoms with van der Waals surface area (Å²) in [6.45, 7) is 4.69. The van der Waals surface area contributed by atoms with Crippen LogP contribution in [0.5, 0.6) is 11.5 Å². The third-order valence-corrected chi connectivity index (χ3v) is 5.06. The van der Waals surface area contributed by atoms with Gasteiger partial charge in [0.05, 0.1) is 17.3 Å². The fourth-order valence-electron chi connectivity index (χ4n) is 2.91. The van der Waals surface area contributed by atoms with E-state index in [0.717, 1.165) is 16.8 Å². The summed E-state index contributed by atoms with van der Waals surface area (Å²) >= 11 is 12.2. The van der Waals surface area contributed by atoms with Crippen molar-refractivity contribution in [3.63, 3.8) is 0 Å². The maximum Gasteiger partial charge on any atom is 0.262 e. The number of carbonyl (C=O) groups is 1. The van der Waals surface area contributed by atoms with Gasteiger partial charge in [-0.1, -0.05) is 47.5 Å². The monoisotopic (exact) mass is 458 g/mol. The number of amides is 1. The van der Waals surface area contributed by atoms with Gasteiger partial charge in [-0.3, -0.25) is 4.79 Å². The first-order valence-corrected chi connectivity index (χ1v) is 10.6. The molecule has 0 aliphatic carbocycles. The van der Waals surface area contributed by atoms with E-state index in [0.29, 0.717) is 40.4 Å². The standard InChI is InChI=1S/C24H24Cl2N2O3/c1-3-30-23-12-17(14-27-20-7-5-4-6-19(20)26)9-11-22(23)31-15-24(29)28-21-13-18(25)10-8-16(21)2/h4-13,27H,3,14-15H2,1-2H3,(H,28,29). The van der Waals surface area contributed by atoms with Crippen molar-refractivity contribution < 1.29 is 14.3 Å². The number of hydrogen-bond donors (Lipinski definition) is 2. The van der Waals surface area contributed by atoms with Gasteiger partial charge in [-0.25, -0.2) is 0 Å². The fraction of sp³-hybridized carbons (Fsp3) is 0.208. The minimum atomic E-state index is -0.280. The summed E-state index contributed by atoms with van der Waals surface area (Å²) in [4.78, 5) is 12.3. The lowest BCUT2D eigenvalue weighted by Crippen LogP contribution is -2.21. The molecule has 0 spiro atoms. The summed E-state index contributed by atoms with van der Waals surface area (Å²) in [6, 6.07) is 18.5. The van der Waals surface area contributed by atoms with Crippen LogP contribution in [0.25, 0.3) is 0 Å². The Morgan fingerprint density at radius 3 is 2.52 bits per heavy atom. The van der Waals surface area contributed by atoms with Gasteiger partial charge < -0.3 is 20.1 Å². The molecule has 1 amide bonds. The second kappa shape index (κ2) is 10.9. The molecule has 0 aliphatic rings. The van der Waals surface area contributed by atoms with Gasteiger partial charge in [0.2, 0.25) is 0 Å². The molecule has 0 aliphatic heterocycles. The van der Waals surface area contributed by atoms with Gasteiger partial charge in [0.1, 0.15) is 0 Å². The second-order valence-electron chi connectivity index (χ2n) is 6.84. The minimum Gasteiger partial charge on any atom is -0.490 e. The Hall–Kier alpha value is -2.89. The summed E-state index contributed by atoms with van der Waals surface area (Å²) in [5, 5.41) is 7.34. The van der Waals surface area contributed by atoms with Crippen LogP contribution in [0.1, 0.15) is 18.1 Å². The highest BCUT2D eigenvalue weighted by molar-refractivity contribution is 6.33. The lowest BCUT2D eigenvalue weighted by molar-refractivity contribution is -0.118. The maximum absolute atomic E-state index is 12.3. The molecule has 3 rings (SSSR count). The topological polar surface area (TPSA) is 59.6 Å². The SMILES string of the molecule is CCOc1cc(CNc2ccccc2Cl)ccc1OCC(=O)Nc1cc(Cl)ccc1C. The quantitative estimate of drug-likeness (QED) is 0.393. The van der Waals surface area contributed by atoms with Gasteiger partial charge in [-0.2, -0.15) is 0 Å². The highest BCUT2D eigenvalue weighted by Crippen LogP contribution is 2.30. The fourth-order valence-corrected chi connectivity index (χ4v) is 3.28. The Balaban J connectivity index is 1.63. The number of aryl methyl sites for hydroxylation is 1. The average molecular weight is 459 g/mol. The summed E-state index contributed by atoms with van der Waals surface area (Å²) < 4.78 is 11.4. The zero-order chi connectivity index (χ0) is 22.2. The molecule has 0 saturated heterocycles. The molecule has 0 saturated carbocycles. The Labute approximate surface area is 192 Å². The molecule has 0 heterocycles. The number of nitrogens with one attached hydrogen (secondary N) is 2. The van der Waals surface area contributed by atoms with Crippen molar-refractivity contribution in [3.05, 3.63) is 81.8 Å². The number of para-hydroxylation sites is 1. The second-order valence-corrected chi connectivity index (χ2v) is 7.69. The van der Waals surface area contributed by atoms with Gasteiger partial charge in [0.15, 0.2) is 18.1 Å². The number of anilines is 2. The third-order valence-electron chi connectivity index (χ3n) is 4.50. The van der Waals surface area contributed by atoms with E-state index < -0.39 is 0 Å². The van der Waals surface area contributed by atoms with E-state index >= 15 is 0 Å². The molecular weight excluding hydrogens is 435 g/mol. The number of ether oxygens (including phenoxy) is 2. The Morgan fingerprint density at radius 1 is 0.935 bits per heavy atom. The van der Waals surface area contributed by atoms with Crippen LogP contribution < -0.4 is 20.1 Å². The van der Waals surface area contributed by atoms with Crippen LogP contribution in [0.4, 0.5) is 11.4 Å². The van der Waals surface area contributed by atoms with Crippen molar-refractivity contribution >= 4 is 40.5 Å². The number of hydrogen-bond acceptors (Lipinski definition) is 4. The van der Waals surface area contributed by atoms with Crippen molar-refractivity contribution in [2.24, 2.45) is 0 Å². The van der Waals surface area contributed by atoms with Gasteiger partial charge in [0.25, 0.3) is 5.91 Å². The molecule has 2 N–H and O–H groups in total. The molecule has 0 aromatic heterocycles. The molecule has 3 aromatic carbocycles. The molecular formula is C24H24Cl2N2O3. The largest absolute Gasteiger partial charge is 0.490 e. The molecule has 0 radical (unpaired) electrons. The van der Waals surface area contributed by atoms with Crippen LogP contribution in [0.15, 0.2) is 60.7 Å². The molecule has 162 valence electrons. The van der Waals surface area contributed by atoms with Crippen molar-refractivity contribution in [2.45, 2.75) is 20.4 Å². The zero-order valence-corrected chi connectivity index (χ0v) is 18.9. The van der Waals surface area contributed by atoms with Crippen LogP contribution in [-0.2, 0) is 11.3 Å². The molecule has 0 unspecified atom stereocenters. The molecule has 31 heavy (non-hydrogen) atoms. The molecule has 5 nitrogen and oxygen atoms in total. The molecule has 0 bridgehead atoms. The maximum atomic E-state index is 12.3. The van der Waals surface area contributed by atoms with E-state index in [2.05, 4.69) is 10.6 Å². The number of rotatable bonds is 9. The van der Waals surface area contributed by atoms with Crippen molar-refractivity contribution in [1.29, 1.82) is 0 Å². The minimum absolute atomic E-state index is 0.150. The van der Waals surface area contributed by atoms with Crippen LogP contribution in [0.3, 0.4) is 0 Å². The predicted octanol–water partition coefficient (Wildman–Crippen LogP) is 6.33. The van der Waals surface area contributed by atoms with Gasteiger partial charge in [-0.15, -0.1) is 0 Å². The zero-order valence-electron chi connectivity index (χ0n) is 17.4. The third kappa shape index (κ3) is 6.54. The Morgan fingerprint density at radius 2 is 1.74 bits per heavy atom. The van der Waals surface area contributed by atoms with E-state index in [1.165, 1.54) is 0 Å². The first-order chi connectivity index (χ1) is 15.0. The lowest BCUT2D eigenvalue weighted by atomic mass is 10.2. The summed E-state index contributed by atoms with van der Waals surface area (Å²) in [5.74, 6) is 0.797. The smallest absolute Gasteiger partial charge is 0.262 e. The summed E-state index contributed by atoms with van der Waals surface area (Å²) in [7, 11) is 0. The van der Waals surface area contributed by atoms with E-state index in [9.17, 15) is 4.79 Å². The molecule has 7 heteroatoms. The first-order valence-electron chi connectivity index (χ1n) is 9.89. The highest BCUT2D eigenvalue weighted by atomic mass is 35.5. The van der Waals surface area contributed by atoms with Crippen molar-refractivity contribution in [1.82, 2.24) is 0 Å². The van der Waals surface area contributed by atoms with Crippen LogP contribution in [0, 0.1) is 6.92 Å². The summed E-state index contributed by atoms with van der Waals surface area (Å²) in [6.07, 6.45) is 0. The van der Waals surface area contributed by atoms with Gasteiger partial charge >= 0.3 is 0 Å². The van der Waals surface area contributed by atoms with E-state index in [1.54, 1.807) is 18.2 Å². The summed E-state index contributed by atoms with van der Waals surface area (Å²) in [5.41, 5.74) is 3.43. The van der Waals surface area contributed by atoms with Gasteiger partial charge in [-0.05, 0) is 61.4 Å². The van der Waals surface area contributed by atoms with Crippen LogP contribution >= 0.6 is 23.2 Å². The predicted molar refractivity (Wildman–Crippen MR) is 127 cm³/mol. The Kier molecular flexibility index (Phi) is 8.04. The molecule has 3 aromatic rings. The van der Waals surface area contributed by atoms with E-state index in [-0.39, 0.29) is 12.5 Å². The first kappa shape index (κ1) is 22.8. The normalized spacial score (nSPS) is 10.5. The van der Waals surface area contributed by atoms with Gasteiger partial charge in [0, 0.05) is 17.3 Å². The number of benzene rings is 3. The molecule has 0 fully saturated rings. The Bertz CT molecular complexity index is 1060. The van der Waals surface area contributed by atoms with Crippen molar-refractivity contribution in [3.8, 4) is 11.5 Å². The highest BCUT2D eigenvalue weighted by Gasteiger charge is 2.11. The number of carbonyl (C=O) groups excluding carboxylic acids is 1. The van der Waals surface area contributed by atoms with E-state index in [1.807, 2.05) is 56.3 Å². The van der Waals surface area contributed by atoms with Crippen LogP contribution in [0.2, 0.25) is 10.0 Å². The van der Waals surface area contributed by atoms with E-state index in [4.69, 9.17) is 32.7 Å². The lowest BCUT2D eigenvalue weighted by Gasteiger charge is -2.15.